The van der Waals surface area contributed by atoms with Gasteiger partial charge in [-0.3, -0.25) is 4.79 Å². The van der Waals surface area contributed by atoms with Crippen LogP contribution in [0.15, 0.2) is 24.3 Å². The van der Waals surface area contributed by atoms with Crippen LogP contribution in [0.25, 0.3) is 0 Å². The maximum atomic E-state index is 12.2. The van der Waals surface area contributed by atoms with Crippen LogP contribution in [0.3, 0.4) is 0 Å². The molecule has 0 aliphatic carbocycles. The van der Waals surface area contributed by atoms with Gasteiger partial charge in [-0.2, -0.15) is 0 Å². The number of ether oxygens (including phenoxy) is 1. The molecule has 0 radical (unpaired) electrons. The number of benzene rings is 1. The molecule has 5 heteroatoms. The maximum Gasteiger partial charge on any atom is 0.239 e. The summed E-state index contributed by atoms with van der Waals surface area (Å²) in [6.45, 7) is 4.14. The molecule has 21 heavy (non-hydrogen) atoms. The smallest absolute Gasteiger partial charge is 0.239 e. The molecule has 1 aliphatic heterocycles. The van der Waals surface area contributed by atoms with Gasteiger partial charge in [0, 0.05) is 7.05 Å². The fraction of sp³-hybridized carbons (Fsp3) is 0.562. The molecule has 1 heterocycles. The number of nitrogens with one attached hydrogen (secondary N) is 1. The highest BCUT2D eigenvalue weighted by Crippen LogP contribution is 2.12. The molecule has 1 aliphatic rings. The first kappa shape index (κ1) is 17.8. The number of hydrogen-bond donors (Lipinski definition) is 1. The molecule has 4 nitrogen and oxygen atoms in total. The van der Waals surface area contributed by atoms with Crippen molar-refractivity contribution in [2.75, 3.05) is 26.7 Å². The fourth-order valence-electron chi connectivity index (χ4n) is 2.37. The number of likely N-dealkylation sites (N-methyl/N-ethyl adjacent to an activating group) is 1. The number of hydrogen-bond acceptors (Lipinski definition) is 3. The summed E-state index contributed by atoms with van der Waals surface area (Å²) in [4.78, 5) is 14.0. The second kappa shape index (κ2) is 8.90. The summed E-state index contributed by atoms with van der Waals surface area (Å²) in [5.74, 6) is 1.03. The number of halogens is 1. The first-order chi connectivity index (χ1) is 9.66. The number of carbonyl (C=O) groups is 1. The Bertz CT molecular complexity index is 430. The highest BCUT2D eigenvalue weighted by atomic mass is 35.5. The molecule has 1 fully saturated rings. The predicted molar refractivity (Wildman–Crippen MR) is 87.2 cm³/mol. The van der Waals surface area contributed by atoms with Crippen LogP contribution in [0.2, 0.25) is 0 Å². The van der Waals surface area contributed by atoms with Gasteiger partial charge in [-0.1, -0.05) is 24.1 Å². The van der Waals surface area contributed by atoms with Crippen molar-refractivity contribution in [2.24, 2.45) is 0 Å². The molecule has 2 rings (SSSR count). The SMILES string of the molecule is Cc1ccc(OCCN(C)C(=O)[C@@H]2CCCCN2)cc1.Cl. The second-order valence-corrected chi connectivity index (χ2v) is 5.42. The Morgan fingerprint density at radius 1 is 1.33 bits per heavy atom. The van der Waals surface area contributed by atoms with Gasteiger partial charge in [0.2, 0.25) is 5.91 Å². The number of amides is 1. The molecule has 1 amide bonds. The number of aryl methyl sites for hydroxylation is 1. The van der Waals surface area contributed by atoms with Gasteiger partial charge in [0.25, 0.3) is 0 Å². The summed E-state index contributed by atoms with van der Waals surface area (Å²) in [6.07, 6.45) is 3.25. The van der Waals surface area contributed by atoms with Crippen LogP contribution in [-0.2, 0) is 4.79 Å². The molecule has 0 unspecified atom stereocenters. The lowest BCUT2D eigenvalue weighted by molar-refractivity contribution is -0.133. The standard InChI is InChI=1S/C16H24N2O2.ClH/c1-13-6-8-14(9-7-13)20-12-11-18(2)16(19)15-5-3-4-10-17-15;/h6-9,15,17H,3-5,10-12H2,1-2H3;1H/t15-;/m0./s1. The van der Waals surface area contributed by atoms with E-state index in [-0.39, 0.29) is 24.4 Å². The molecule has 1 saturated heterocycles. The maximum absolute atomic E-state index is 12.2. The Morgan fingerprint density at radius 2 is 2.05 bits per heavy atom. The first-order valence-corrected chi connectivity index (χ1v) is 7.34. The minimum absolute atomic E-state index is 0. The molecule has 1 atom stereocenters. The van der Waals surface area contributed by atoms with Crippen molar-refractivity contribution < 1.29 is 9.53 Å². The summed E-state index contributed by atoms with van der Waals surface area (Å²) in [5, 5.41) is 3.28. The molecule has 1 N–H and O–H groups in total. The van der Waals surface area contributed by atoms with Crippen molar-refractivity contribution >= 4 is 18.3 Å². The molecular weight excluding hydrogens is 288 g/mol. The molecule has 0 aromatic heterocycles. The van der Waals surface area contributed by atoms with Crippen molar-refractivity contribution in [2.45, 2.75) is 32.2 Å². The normalized spacial score (nSPS) is 17.7. The zero-order valence-electron chi connectivity index (χ0n) is 12.8. The zero-order valence-corrected chi connectivity index (χ0v) is 13.6. The largest absolute Gasteiger partial charge is 0.492 e. The van der Waals surface area contributed by atoms with Crippen LogP contribution in [0.5, 0.6) is 5.75 Å². The van der Waals surface area contributed by atoms with Gasteiger partial charge in [-0.05, 0) is 38.4 Å². The van der Waals surface area contributed by atoms with Gasteiger partial charge in [0.1, 0.15) is 12.4 Å². The number of rotatable bonds is 5. The third-order valence-corrected chi connectivity index (χ3v) is 3.70. The van der Waals surface area contributed by atoms with Gasteiger partial charge in [-0.25, -0.2) is 0 Å². The lowest BCUT2D eigenvalue weighted by Gasteiger charge is -2.27. The van der Waals surface area contributed by atoms with Crippen LogP contribution in [-0.4, -0.2) is 43.6 Å². The lowest BCUT2D eigenvalue weighted by atomic mass is 10.0. The zero-order chi connectivity index (χ0) is 14.4. The third kappa shape index (κ3) is 5.56. The number of nitrogens with zero attached hydrogens (tertiary/aromatic N) is 1. The highest BCUT2D eigenvalue weighted by Gasteiger charge is 2.23. The average Bonchev–Trinajstić information content (AvgIpc) is 2.49. The molecule has 0 spiro atoms. The van der Waals surface area contributed by atoms with Crippen LogP contribution in [0.4, 0.5) is 0 Å². The van der Waals surface area contributed by atoms with Gasteiger partial charge < -0.3 is 15.0 Å². The first-order valence-electron chi connectivity index (χ1n) is 7.34. The van der Waals surface area contributed by atoms with E-state index in [0.717, 1.165) is 25.1 Å². The quantitative estimate of drug-likeness (QED) is 0.908. The van der Waals surface area contributed by atoms with Crippen LogP contribution < -0.4 is 10.1 Å². The van der Waals surface area contributed by atoms with E-state index in [2.05, 4.69) is 5.32 Å². The van der Waals surface area contributed by atoms with Crippen molar-refractivity contribution in [3.8, 4) is 5.75 Å². The van der Waals surface area contributed by atoms with E-state index in [1.807, 2.05) is 38.2 Å². The number of carbonyl (C=O) groups excluding carboxylic acids is 1. The van der Waals surface area contributed by atoms with Crippen LogP contribution in [0, 0.1) is 6.92 Å². The van der Waals surface area contributed by atoms with Crippen molar-refractivity contribution in [1.82, 2.24) is 10.2 Å². The lowest BCUT2D eigenvalue weighted by Crippen LogP contribution is -2.48. The van der Waals surface area contributed by atoms with Crippen molar-refractivity contribution in [3.63, 3.8) is 0 Å². The van der Waals surface area contributed by atoms with E-state index in [0.29, 0.717) is 13.2 Å². The van der Waals surface area contributed by atoms with E-state index in [9.17, 15) is 4.79 Å². The summed E-state index contributed by atoms with van der Waals surface area (Å²) in [5.41, 5.74) is 1.22. The fourth-order valence-corrected chi connectivity index (χ4v) is 2.37. The molecule has 1 aromatic rings. The average molecular weight is 313 g/mol. The van der Waals surface area contributed by atoms with E-state index < -0.39 is 0 Å². The summed E-state index contributed by atoms with van der Waals surface area (Å²) >= 11 is 0. The van der Waals surface area contributed by atoms with Gasteiger partial charge in [-0.15, -0.1) is 12.4 Å². The molecule has 1 aromatic carbocycles. The Kier molecular flexibility index (Phi) is 7.54. The predicted octanol–water partition coefficient (Wildman–Crippen LogP) is 2.40. The summed E-state index contributed by atoms with van der Waals surface area (Å²) < 4.78 is 5.65. The molecule has 118 valence electrons. The van der Waals surface area contributed by atoms with E-state index in [1.165, 1.54) is 12.0 Å². The summed E-state index contributed by atoms with van der Waals surface area (Å²) in [7, 11) is 1.84. The van der Waals surface area contributed by atoms with E-state index in [1.54, 1.807) is 4.90 Å². The third-order valence-electron chi connectivity index (χ3n) is 3.70. The topological polar surface area (TPSA) is 41.6 Å². The Labute approximate surface area is 133 Å². The molecule has 0 saturated carbocycles. The molecular formula is C16H25ClN2O2. The second-order valence-electron chi connectivity index (χ2n) is 5.42. The minimum atomic E-state index is -0.00637. The van der Waals surface area contributed by atoms with Crippen molar-refractivity contribution in [1.29, 1.82) is 0 Å². The number of piperidine rings is 1. The Hall–Kier alpha value is -1.26. The minimum Gasteiger partial charge on any atom is -0.492 e. The van der Waals surface area contributed by atoms with Gasteiger partial charge in [0.15, 0.2) is 0 Å². The molecule has 0 bridgehead atoms. The van der Waals surface area contributed by atoms with E-state index in [4.69, 9.17) is 4.74 Å². The summed E-state index contributed by atoms with van der Waals surface area (Å²) in [6, 6.07) is 7.96. The Balaban J connectivity index is 0.00000220. The monoisotopic (exact) mass is 312 g/mol. The highest BCUT2D eigenvalue weighted by molar-refractivity contribution is 5.85. The van der Waals surface area contributed by atoms with E-state index >= 15 is 0 Å². The van der Waals surface area contributed by atoms with Crippen molar-refractivity contribution in [3.05, 3.63) is 29.8 Å². The van der Waals surface area contributed by atoms with Crippen LogP contribution in [0.1, 0.15) is 24.8 Å². The van der Waals surface area contributed by atoms with Gasteiger partial charge in [0.05, 0.1) is 12.6 Å². The van der Waals surface area contributed by atoms with Gasteiger partial charge >= 0.3 is 0 Å². The Morgan fingerprint density at radius 3 is 2.67 bits per heavy atom. The van der Waals surface area contributed by atoms with Crippen LogP contribution >= 0.6 is 12.4 Å².